The van der Waals surface area contributed by atoms with Crippen LogP contribution in [0.5, 0.6) is 0 Å². The quantitative estimate of drug-likeness (QED) is 0.769. The maximum Gasteiger partial charge on any atom is 0.303 e. The molecule has 15 heavy (non-hydrogen) atoms. The largest absolute Gasteiger partial charge is 0.481 e. The number of carboxylic acid groups (broad SMARTS) is 1. The van der Waals surface area contributed by atoms with Crippen LogP contribution in [0.4, 0.5) is 0 Å². The first kappa shape index (κ1) is 14.8. The number of carbonyl (C=O) groups is 1. The van der Waals surface area contributed by atoms with Gasteiger partial charge in [-0.3, -0.25) is 4.79 Å². The molecule has 2 nitrogen and oxygen atoms in total. The molecule has 0 aromatic carbocycles. The molecule has 0 heterocycles. The molecule has 4 heteroatoms. The van der Waals surface area contributed by atoms with Crippen molar-refractivity contribution in [1.29, 1.82) is 0 Å². The Morgan fingerprint density at radius 1 is 1.27 bits per heavy atom. The van der Waals surface area contributed by atoms with Crippen molar-refractivity contribution in [2.75, 3.05) is 0 Å². The Labute approximate surface area is 101 Å². The van der Waals surface area contributed by atoms with Crippen molar-refractivity contribution < 1.29 is 9.90 Å². The highest BCUT2D eigenvalue weighted by atomic mass is 35.5. The van der Waals surface area contributed by atoms with Gasteiger partial charge in [0.2, 0.25) is 0 Å². The van der Waals surface area contributed by atoms with E-state index in [1.54, 1.807) is 0 Å². The standard InChI is InChI=1S/C11H18Cl2O2/c1-7(2)9(11(12)13)5-4-8(3)6-10(14)15/h7-8H,4-6H2,1-3H3,(H,14,15). The van der Waals surface area contributed by atoms with Gasteiger partial charge in [-0.2, -0.15) is 0 Å². The van der Waals surface area contributed by atoms with Gasteiger partial charge < -0.3 is 5.11 Å². The van der Waals surface area contributed by atoms with Crippen LogP contribution in [0.2, 0.25) is 0 Å². The van der Waals surface area contributed by atoms with Gasteiger partial charge in [0.15, 0.2) is 0 Å². The molecule has 0 aliphatic carbocycles. The van der Waals surface area contributed by atoms with Crippen molar-refractivity contribution in [2.45, 2.75) is 40.0 Å². The number of aliphatic carboxylic acids is 1. The van der Waals surface area contributed by atoms with Crippen LogP contribution in [0.3, 0.4) is 0 Å². The Morgan fingerprint density at radius 2 is 1.80 bits per heavy atom. The molecule has 0 saturated carbocycles. The maximum atomic E-state index is 10.5. The fourth-order valence-electron chi connectivity index (χ4n) is 1.40. The predicted molar refractivity (Wildman–Crippen MR) is 64.2 cm³/mol. The lowest BCUT2D eigenvalue weighted by Crippen LogP contribution is -2.06. The second-order valence-electron chi connectivity index (χ2n) is 4.18. The van der Waals surface area contributed by atoms with Gasteiger partial charge in [0.1, 0.15) is 4.49 Å². The van der Waals surface area contributed by atoms with E-state index in [-0.39, 0.29) is 12.3 Å². The summed E-state index contributed by atoms with van der Waals surface area (Å²) in [6, 6.07) is 0. The van der Waals surface area contributed by atoms with Crippen LogP contribution in [-0.2, 0) is 4.79 Å². The zero-order chi connectivity index (χ0) is 12.0. The normalized spacial score (nSPS) is 12.7. The lowest BCUT2D eigenvalue weighted by atomic mass is 9.94. The van der Waals surface area contributed by atoms with E-state index >= 15 is 0 Å². The topological polar surface area (TPSA) is 37.3 Å². The number of carboxylic acids is 1. The molecule has 0 aromatic heterocycles. The summed E-state index contributed by atoms with van der Waals surface area (Å²) in [7, 11) is 0. The lowest BCUT2D eigenvalue weighted by molar-refractivity contribution is -0.138. The molecule has 0 aliphatic rings. The van der Waals surface area contributed by atoms with Crippen LogP contribution < -0.4 is 0 Å². The van der Waals surface area contributed by atoms with E-state index in [1.807, 2.05) is 20.8 Å². The number of halogens is 2. The molecular weight excluding hydrogens is 235 g/mol. The zero-order valence-electron chi connectivity index (χ0n) is 9.39. The SMILES string of the molecule is CC(CCC(=C(Cl)Cl)C(C)C)CC(=O)O. The van der Waals surface area contributed by atoms with E-state index < -0.39 is 5.97 Å². The Balaban J connectivity index is 4.13. The molecule has 88 valence electrons. The van der Waals surface area contributed by atoms with Crippen molar-refractivity contribution in [3.8, 4) is 0 Å². The van der Waals surface area contributed by atoms with E-state index in [9.17, 15) is 4.79 Å². The predicted octanol–water partition coefficient (Wildman–Crippen LogP) is 4.22. The minimum absolute atomic E-state index is 0.156. The smallest absolute Gasteiger partial charge is 0.303 e. The van der Waals surface area contributed by atoms with Crippen LogP contribution >= 0.6 is 23.2 Å². The first-order chi connectivity index (χ1) is 6.84. The van der Waals surface area contributed by atoms with E-state index in [1.165, 1.54) is 0 Å². The molecule has 1 N–H and O–H groups in total. The molecule has 0 aliphatic heterocycles. The summed E-state index contributed by atoms with van der Waals surface area (Å²) in [5.41, 5.74) is 1.01. The van der Waals surface area contributed by atoms with Gasteiger partial charge in [0.25, 0.3) is 0 Å². The van der Waals surface area contributed by atoms with Gasteiger partial charge in [-0.25, -0.2) is 0 Å². The van der Waals surface area contributed by atoms with Gasteiger partial charge in [0, 0.05) is 6.42 Å². The summed E-state index contributed by atoms with van der Waals surface area (Å²) in [5, 5.41) is 8.60. The summed E-state index contributed by atoms with van der Waals surface area (Å²) >= 11 is 11.5. The number of hydrogen-bond acceptors (Lipinski definition) is 1. The average Bonchev–Trinajstić information content (AvgIpc) is 2.00. The monoisotopic (exact) mass is 252 g/mol. The second-order valence-corrected chi connectivity index (χ2v) is 5.13. The van der Waals surface area contributed by atoms with Gasteiger partial charge in [-0.15, -0.1) is 0 Å². The third-order valence-electron chi connectivity index (χ3n) is 2.37. The van der Waals surface area contributed by atoms with Crippen molar-refractivity contribution >= 4 is 29.2 Å². The Morgan fingerprint density at radius 3 is 2.13 bits per heavy atom. The van der Waals surface area contributed by atoms with Gasteiger partial charge in [-0.1, -0.05) is 44.0 Å². The lowest BCUT2D eigenvalue weighted by Gasteiger charge is -2.14. The summed E-state index contributed by atoms with van der Waals surface area (Å²) in [4.78, 5) is 10.5. The number of allylic oxidation sites excluding steroid dienone is 1. The molecule has 1 atom stereocenters. The highest BCUT2D eigenvalue weighted by Crippen LogP contribution is 2.27. The van der Waals surface area contributed by atoms with E-state index in [4.69, 9.17) is 28.3 Å². The highest BCUT2D eigenvalue weighted by molar-refractivity contribution is 6.56. The van der Waals surface area contributed by atoms with Gasteiger partial charge >= 0.3 is 5.97 Å². The first-order valence-corrected chi connectivity index (χ1v) is 5.86. The minimum Gasteiger partial charge on any atom is -0.481 e. The fraction of sp³-hybridized carbons (Fsp3) is 0.727. The summed E-state index contributed by atoms with van der Waals surface area (Å²) in [6.07, 6.45) is 1.78. The fourth-order valence-corrected chi connectivity index (χ4v) is 2.03. The van der Waals surface area contributed by atoms with E-state index in [0.29, 0.717) is 10.4 Å². The number of rotatable bonds is 6. The van der Waals surface area contributed by atoms with Crippen molar-refractivity contribution in [2.24, 2.45) is 11.8 Å². The molecule has 0 radical (unpaired) electrons. The molecule has 0 fully saturated rings. The Hall–Kier alpha value is -0.210. The number of hydrogen-bond donors (Lipinski definition) is 1. The Bertz CT molecular complexity index is 243. The van der Waals surface area contributed by atoms with Crippen molar-refractivity contribution in [3.63, 3.8) is 0 Å². The summed E-state index contributed by atoms with van der Waals surface area (Å²) < 4.78 is 0.326. The van der Waals surface area contributed by atoms with Crippen LogP contribution in [0.25, 0.3) is 0 Å². The molecule has 0 aromatic rings. The van der Waals surface area contributed by atoms with Gasteiger partial charge in [-0.05, 0) is 30.3 Å². The molecule has 0 rings (SSSR count). The van der Waals surface area contributed by atoms with Crippen molar-refractivity contribution in [1.82, 2.24) is 0 Å². The maximum absolute atomic E-state index is 10.5. The second kappa shape index (κ2) is 7.13. The van der Waals surface area contributed by atoms with Crippen molar-refractivity contribution in [3.05, 3.63) is 10.1 Å². The van der Waals surface area contributed by atoms with Crippen LogP contribution in [0.15, 0.2) is 10.1 Å². The third-order valence-corrected chi connectivity index (χ3v) is 2.85. The molecular formula is C11H18Cl2O2. The first-order valence-electron chi connectivity index (χ1n) is 5.10. The molecule has 0 bridgehead atoms. The molecule has 0 amide bonds. The Kier molecular flexibility index (Phi) is 7.03. The molecule has 0 saturated heterocycles. The van der Waals surface area contributed by atoms with Crippen LogP contribution in [0, 0.1) is 11.8 Å². The highest BCUT2D eigenvalue weighted by Gasteiger charge is 2.12. The average molecular weight is 253 g/mol. The van der Waals surface area contributed by atoms with Gasteiger partial charge in [0.05, 0.1) is 0 Å². The summed E-state index contributed by atoms with van der Waals surface area (Å²) in [5.74, 6) is -0.287. The summed E-state index contributed by atoms with van der Waals surface area (Å²) in [6.45, 7) is 5.98. The third kappa shape index (κ3) is 6.80. The zero-order valence-corrected chi connectivity index (χ0v) is 10.9. The molecule has 1 unspecified atom stereocenters. The van der Waals surface area contributed by atoms with E-state index in [0.717, 1.165) is 18.4 Å². The molecule has 0 spiro atoms. The van der Waals surface area contributed by atoms with E-state index in [2.05, 4.69) is 0 Å². The minimum atomic E-state index is -0.755. The van der Waals surface area contributed by atoms with Crippen LogP contribution in [0.1, 0.15) is 40.0 Å². The van der Waals surface area contributed by atoms with Crippen LogP contribution in [-0.4, -0.2) is 11.1 Å².